The molecule has 3 N–H and O–H groups in total. The van der Waals surface area contributed by atoms with Gasteiger partial charge >= 0.3 is 0 Å². The molecule has 1 unspecified atom stereocenters. The lowest BCUT2D eigenvalue weighted by Crippen LogP contribution is -2.40. The molecule has 0 aromatic heterocycles. The van der Waals surface area contributed by atoms with Gasteiger partial charge in [-0.2, -0.15) is 0 Å². The third-order valence-electron chi connectivity index (χ3n) is 4.83. The fourth-order valence-electron chi connectivity index (χ4n) is 3.19. The van der Waals surface area contributed by atoms with E-state index >= 15 is 0 Å². The Kier molecular flexibility index (Phi) is 5.61. The van der Waals surface area contributed by atoms with Crippen molar-refractivity contribution < 1.29 is 9.90 Å². The van der Waals surface area contributed by atoms with E-state index in [1.54, 1.807) is 6.08 Å². The van der Waals surface area contributed by atoms with Gasteiger partial charge in [0.15, 0.2) is 5.78 Å². The Morgan fingerprint density at radius 2 is 2.04 bits per heavy atom. The van der Waals surface area contributed by atoms with Gasteiger partial charge in [-0.3, -0.25) is 4.79 Å². The lowest BCUT2D eigenvalue weighted by molar-refractivity contribution is -0.117. The first kappa shape index (κ1) is 18.1. The summed E-state index contributed by atoms with van der Waals surface area (Å²) < 4.78 is 0. The van der Waals surface area contributed by atoms with Gasteiger partial charge in [0.05, 0.1) is 24.2 Å². The Hall–Kier alpha value is -2.75. The molecule has 0 saturated heterocycles. The third kappa shape index (κ3) is 4.07. The normalized spacial score (nSPS) is 24.4. The van der Waals surface area contributed by atoms with Crippen LogP contribution in [0, 0.1) is 0 Å². The Balaban J connectivity index is 1.76. The number of rotatable bonds is 6. The number of hydrogen-bond donors (Lipinski definition) is 3. The first-order valence-corrected chi connectivity index (χ1v) is 9.17. The molecule has 1 aromatic rings. The molecule has 0 spiro atoms. The van der Waals surface area contributed by atoms with Crippen LogP contribution >= 0.6 is 0 Å². The van der Waals surface area contributed by atoms with Gasteiger partial charge in [-0.25, -0.2) is 0 Å². The van der Waals surface area contributed by atoms with Crippen LogP contribution in [-0.2, 0) is 4.79 Å². The number of ketones is 1. The minimum Gasteiger partial charge on any atom is -0.508 e. The third-order valence-corrected chi connectivity index (χ3v) is 4.83. The highest BCUT2D eigenvalue weighted by Crippen LogP contribution is 2.26. The lowest BCUT2D eigenvalue weighted by Gasteiger charge is -2.30. The Bertz CT molecular complexity index is 788. The number of carbonyl (C=O) groups is 1. The second-order valence-corrected chi connectivity index (χ2v) is 6.74. The Labute approximate surface area is 155 Å². The van der Waals surface area contributed by atoms with Gasteiger partial charge in [-0.05, 0) is 37.0 Å². The van der Waals surface area contributed by atoms with E-state index in [-0.39, 0.29) is 23.6 Å². The number of nitrogens with one attached hydrogen (secondary N) is 2. The summed E-state index contributed by atoms with van der Waals surface area (Å²) in [6, 6.07) is 10.2. The van der Waals surface area contributed by atoms with Crippen LogP contribution < -0.4 is 10.6 Å². The molecule has 0 fully saturated rings. The molecule has 4 nitrogen and oxygen atoms in total. The first-order valence-electron chi connectivity index (χ1n) is 9.17. The molecule has 4 heteroatoms. The molecule has 0 aliphatic heterocycles. The highest BCUT2D eigenvalue weighted by molar-refractivity contribution is 6.03. The number of carbonyl (C=O) groups excluding carboxylic acids is 1. The Morgan fingerprint density at radius 1 is 1.27 bits per heavy atom. The molecule has 2 aliphatic carbocycles. The fourth-order valence-corrected chi connectivity index (χ4v) is 3.19. The van der Waals surface area contributed by atoms with E-state index in [0.717, 1.165) is 24.1 Å². The predicted molar refractivity (Wildman–Crippen MR) is 104 cm³/mol. The fraction of sp³-hybridized carbons (Fsp3) is 0.318. The van der Waals surface area contributed by atoms with Crippen molar-refractivity contribution in [2.24, 2.45) is 0 Å². The van der Waals surface area contributed by atoms with Crippen LogP contribution in [0.2, 0.25) is 0 Å². The zero-order chi connectivity index (χ0) is 18.5. The molecule has 2 aliphatic rings. The van der Waals surface area contributed by atoms with Gasteiger partial charge in [0, 0.05) is 5.70 Å². The van der Waals surface area contributed by atoms with Crippen LogP contribution in [-0.4, -0.2) is 16.9 Å². The molecule has 26 heavy (non-hydrogen) atoms. The molecule has 2 atom stereocenters. The van der Waals surface area contributed by atoms with Gasteiger partial charge in [-0.1, -0.05) is 55.5 Å². The minimum atomic E-state index is -0.202. The predicted octanol–water partition coefficient (Wildman–Crippen LogP) is 4.22. The van der Waals surface area contributed by atoms with E-state index in [2.05, 4.69) is 29.7 Å². The molecule has 0 saturated carbocycles. The summed E-state index contributed by atoms with van der Waals surface area (Å²) in [6.45, 7) is 4.01. The summed E-state index contributed by atoms with van der Waals surface area (Å²) in [5.41, 5.74) is 3.63. The Morgan fingerprint density at radius 3 is 2.73 bits per heavy atom. The molecule has 3 rings (SSSR count). The van der Waals surface area contributed by atoms with Crippen molar-refractivity contribution in [3.63, 3.8) is 0 Å². The lowest BCUT2D eigenvalue weighted by atomic mass is 9.95. The van der Waals surface area contributed by atoms with Crippen molar-refractivity contribution in [3.8, 4) is 0 Å². The highest BCUT2D eigenvalue weighted by Gasteiger charge is 2.30. The van der Waals surface area contributed by atoms with E-state index < -0.39 is 0 Å². The maximum atomic E-state index is 12.1. The summed E-state index contributed by atoms with van der Waals surface area (Å²) in [4.78, 5) is 12.1. The zero-order valence-corrected chi connectivity index (χ0v) is 15.3. The zero-order valence-electron chi connectivity index (χ0n) is 15.3. The smallest absolute Gasteiger partial charge is 0.186 e. The standard InChI is InChI=1S/C22H26N2O2/c1-3-18(16-10-5-4-6-11-16)24-19-14-21(26)22(19)23-17-12-8-7-9-15(2)20(25)13-17/h4-6,8-13,17-18,23-25H,3,7,14H2,1-2H3/b12-8-,15-9-,20-13?/t17?,18-/m1/s1. The van der Waals surface area contributed by atoms with Gasteiger partial charge in [0.25, 0.3) is 0 Å². The van der Waals surface area contributed by atoms with Crippen LogP contribution in [0.15, 0.2) is 77.4 Å². The topological polar surface area (TPSA) is 61.4 Å². The van der Waals surface area contributed by atoms with Crippen LogP contribution in [0.25, 0.3) is 0 Å². The number of hydrogen-bond acceptors (Lipinski definition) is 4. The van der Waals surface area contributed by atoms with Crippen LogP contribution in [0.5, 0.6) is 0 Å². The quantitative estimate of drug-likeness (QED) is 0.672. The van der Waals surface area contributed by atoms with Crippen LogP contribution in [0.1, 0.15) is 44.7 Å². The summed E-state index contributed by atoms with van der Waals surface area (Å²) in [5, 5.41) is 16.9. The molecule has 0 radical (unpaired) electrons. The van der Waals surface area contributed by atoms with E-state index in [9.17, 15) is 9.90 Å². The average Bonchev–Trinajstić information content (AvgIpc) is 2.65. The van der Waals surface area contributed by atoms with E-state index in [4.69, 9.17) is 0 Å². The van der Waals surface area contributed by atoms with Crippen molar-refractivity contribution >= 4 is 5.78 Å². The molecule has 0 bridgehead atoms. The second-order valence-electron chi connectivity index (χ2n) is 6.74. The highest BCUT2D eigenvalue weighted by atomic mass is 16.3. The van der Waals surface area contributed by atoms with Gasteiger partial charge in [-0.15, -0.1) is 0 Å². The summed E-state index contributed by atoms with van der Waals surface area (Å²) in [6.07, 6.45) is 9.87. The van der Waals surface area contributed by atoms with Crippen molar-refractivity contribution in [2.75, 3.05) is 0 Å². The number of allylic oxidation sites excluding steroid dienone is 5. The summed E-state index contributed by atoms with van der Waals surface area (Å²) in [5.74, 6) is 0.357. The monoisotopic (exact) mass is 350 g/mol. The largest absolute Gasteiger partial charge is 0.508 e. The summed E-state index contributed by atoms with van der Waals surface area (Å²) >= 11 is 0. The van der Waals surface area contributed by atoms with Crippen LogP contribution in [0.4, 0.5) is 0 Å². The summed E-state index contributed by atoms with van der Waals surface area (Å²) in [7, 11) is 0. The molecule has 0 amide bonds. The van der Waals surface area contributed by atoms with Gasteiger partial charge < -0.3 is 15.7 Å². The van der Waals surface area contributed by atoms with Crippen molar-refractivity contribution in [3.05, 3.63) is 82.9 Å². The number of benzene rings is 1. The van der Waals surface area contributed by atoms with Crippen molar-refractivity contribution in [1.29, 1.82) is 0 Å². The average molecular weight is 350 g/mol. The van der Waals surface area contributed by atoms with Crippen molar-refractivity contribution in [2.45, 2.75) is 45.2 Å². The molecular formula is C22H26N2O2. The van der Waals surface area contributed by atoms with E-state index in [0.29, 0.717) is 12.1 Å². The minimum absolute atomic E-state index is 0.103. The number of aliphatic hydroxyl groups excluding tert-OH is 1. The van der Waals surface area contributed by atoms with E-state index in [1.807, 2.05) is 43.4 Å². The van der Waals surface area contributed by atoms with Crippen molar-refractivity contribution in [1.82, 2.24) is 10.6 Å². The van der Waals surface area contributed by atoms with E-state index in [1.165, 1.54) is 5.56 Å². The molecule has 0 heterocycles. The number of aliphatic hydroxyl groups is 1. The maximum absolute atomic E-state index is 12.1. The SMILES string of the molecule is CC[C@@H](NC1=C(NC2C=C(O)/C(C)=C\C/C=C\2)C(=O)C1)c1ccccc1. The second kappa shape index (κ2) is 8.09. The maximum Gasteiger partial charge on any atom is 0.186 e. The molecule has 136 valence electrons. The molecule has 1 aromatic carbocycles. The molecular weight excluding hydrogens is 324 g/mol. The van der Waals surface area contributed by atoms with Gasteiger partial charge in [0.1, 0.15) is 5.76 Å². The van der Waals surface area contributed by atoms with Crippen LogP contribution in [0.3, 0.4) is 0 Å². The first-order chi connectivity index (χ1) is 12.6. The number of Topliss-reactive ketones (excluding diaryl/α,β-unsaturated/α-hetero) is 1. The van der Waals surface area contributed by atoms with Gasteiger partial charge in [0.2, 0.25) is 0 Å².